The molecular formula is C20H19F2N3O2. The number of carbonyl (C=O) groups excluding carboxylic acids is 1. The van der Waals surface area contributed by atoms with Crippen molar-refractivity contribution in [3.05, 3.63) is 59.7 Å². The number of ether oxygens (including phenoxy) is 1. The number of carbonyl (C=O) groups is 1. The third-order valence-corrected chi connectivity index (χ3v) is 4.77. The molecule has 4 rings (SSSR count). The van der Waals surface area contributed by atoms with Gasteiger partial charge in [0.2, 0.25) is 5.88 Å². The minimum Gasteiger partial charge on any atom is -0.475 e. The molecule has 2 aromatic carbocycles. The summed E-state index contributed by atoms with van der Waals surface area (Å²) in [7, 11) is 0. The zero-order valence-corrected chi connectivity index (χ0v) is 14.7. The first-order chi connectivity index (χ1) is 13.1. The van der Waals surface area contributed by atoms with Gasteiger partial charge in [0, 0.05) is 6.54 Å². The fourth-order valence-electron chi connectivity index (χ4n) is 3.36. The Balaban J connectivity index is 1.63. The topological polar surface area (TPSA) is 47.4 Å². The first-order valence-corrected chi connectivity index (χ1v) is 8.97. The minimum absolute atomic E-state index is 0.315. The molecule has 0 spiro atoms. The van der Waals surface area contributed by atoms with Crippen molar-refractivity contribution in [2.45, 2.75) is 12.8 Å². The smallest absolute Gasteiger partial charge is 0.281 e. The lowest BCUT2D eigenvalue weighted by atomic mass is 10.2. The zero-order chi connectivity index (χ0) is 18.8. The lowest BCUT2D eigenvalue weighted by Crippen LogP contribution is -2.25. The van der Waals surface area contributed by atoms with Crippen LogP contribution in [0, 0.1) is 11.6 Å². The van der Waals surface area contributed by atoms with Crippen molar-refractivity contribution in [1.29, 1.82) is 0 Å². The van der Waals surface area contributed by atoms with Gasteiger partial charge in [-0.25, -0.2) is 8.78 Å². The van der Waals surface area contributed by atoms with Crippen LogP contribution in [-0.4, -0.2) is 46.8 Å². The highest BCUT2D eigenvalue weighted by Crippen LogP contribution is 2.26. The number of hydrogen-bond acceptors (Lipinski definition) is 4. The second-order valence-electron chi connectivity index (χ2n) is 6.54. The maximum Gasteiger partial charge on any atom is 0.281 e. The van der Waals surface area contributed by atoms with Gasteiger partial charge in [0.05, 0.1) is 16.5 Å². The Hall–Kier alpha value is -2.80. The lowest BCUT2D eigenvalue weighted by Gasteiger charge is -2.13. The molecular weight excluding hydrogens is 352 g/mol. The molecule has 1 aromatic heterocycles. The molecule has 7 heteroatoms. The van der Waals surface area contributed by atoms with Crippen molar-refractivity contribution in [2.75, 3.05) is 26.2 Å². The fourth-order valence-corrected chi connectivity index (χ4v) is 3.36. The highest BCUT2D eigenvalue weighted by Gasteiger charge is 2.22. The average Bonchev–Trinajstić information content (AvgIpc) is 3.32. The van der Waals surface area contributed by atoms with E-state index in [9.17, 15) is 13.6 Å². The first-order valence-electron chi connectivity index (χ1n) is 8.97. The van der Waals surface area contributed by atoms with Crippen LogP contribution in [0.25, 0.3) is 10.9 Å². The lowest BCUT2D eigenvalue weighted by molar-refractivity contribution is 0.0942. The van der Waals surface area contributed by atoms with Crippen LogP contribution in [0.15, 0.2) is 42.5 Å². The Kier molecular flexibility index (Phi) is 4.85. The van der Waals surface area contributed by atoms with Gasteiger partial charge in [-0.2, -0.15) is 4.68 Å². The van der Waals surface area contributed by atoms with Gasteiger partial charge in [-0.15, -0.1) is 5.10 Å². The van der Waals surface area contributed by atoms with E-state index in [0.29, 0.717) is 23.4 Å². The molecule has 0 atom stereocenters. The van der Waals surface area contributed by atoms with E-state index in [0.717, 1.165) is 30.4 Å². The summed E-state index contributed by atoms with van der Waals surface area (Å²) in [5.74, 6) is -2.68. The Bertz CT molecular complexity index is 981. The quantitative estimate of drug-likeness (QED) is 0.689. The van der Waals surface area contributed by atoms with Crippen molar-refractivity contribution >= 4 is 16.8 Å². The third-order valence-electron chi connectivity index (χ3n) is 4.77. The Labute approximate surface area is 155 Å². The second-order valence-corrected chi connectivity index (χ2v) is 6.54. The predicted molar refractivity (Wildman–Crippen MR) is 97.0 cm³/mol. The molecule has 1 aliphatic rings. The van der Waals surface area contributed by atoms with Gasteiger partial charge in [0.1, 0.15) is 6.61 Å². The summed E-state index contributed by atoms with van der Waals surface area (Å²) in [5, 5.41) is 4.89. The highest BCUT2D eigenvalue weighted by atomic mass is 19.2. The number of hydrogen-bond donors (Lipinski definition) is 0. The summed E-state index contributed by atoms with van der Waals surface area (Å²) in [6.07, 6.45) is 2.40. The van der Waals surface area contributed by atoms with Crippen LogP contribution in [0.1, 0.15) is 23.2 Å². The predicted octanol–water partition coefficient (Wildman–Crippen LogP) is 3.48. The Morgan fingerprint density at radius 2 is 1.85 bits per heavy atom. The fraction of sp³-hybridized carbons (Fsp3) is 0.300. The number of aromatic nitrogens is 2. The Morgan fingerprint density at radius 1 is 1.07 bits per heavy atom. The zero-order valence-electron chi connectivity index (χ0n) is 14.7. The van der Waals surface area contributed by atoms with Crippen molar-refractivity contribution in [3.63, 3.8) is 0 Å². The van der Waals surface area contributed by atoms with E-state index >= 15 is 0 Å². The molecule has 3 aromatic rings. The van der Waals surface area contributed by atoms with E-state index in [1.807, 2.05) is 6.07 Å². The number of para-hydroxylation sites is 1. The molecule has 0 saturated carbocycles. The van der Waals surface area contributed by atoms with Crippen LogP contribution < -0.4 is 4.74 Å². The van der Waals surface area contributed by atoms with Gasteiger partial charge in [-0.05, 0) is 50.2 Å². The van der Waals surface area contributed by atoms with E-state index in [2.05, 4.69) is 10.00 Å². The van der Waals surface area contributed by atoms with Gasteiger partial charge in [-0.3, -0.25) is 9.69 Å². The summed E-state index contributed by atoms with van der Waals surface area (Å²) < 4.78 is 34.4. The molecule has 5 nitrogen and oxygen atoms in total. The van der Waals surface area contributed by atoms with Crippen molar-refractivity contribution in [2.24, 2.45) is 0 Å². The van der Waals surface area contributed by atoms with Crippen molar-refractivity contribution in [3.8, 4) is 5.88 Å². The van der Waals surface area contributed by atoms with E-state index < -0.39 is 17.5 Å². The Morgan fingerprint density at radius 3 is 2.67 bits per heavy atom. The van der Waals surface area contributed by atoms with E-state index in [1.54, 1.807) is 18.2 Å². The molecule has 0 bridgehead atoms. The largest absolute Gasteiger partial charge is 0.475 e. The summed E-state index contributed by atoms with van der Waals surface area (Å²) in [6, 6.07) is 10.6. The van der Waals surface area contributed by atoms with Crippen molar-refractivity contribution in [1.82, 2.24) is 14.7 Å². The highest BCUT2D eigenvalue weighted by molar-refractivity contribution is 6.02. The van der Waals surface area contributed by atoms with Gasteiger partial charge in [0.25, 0.3) is 5.91 Å². The monoisotopic (exact) mass is 371 g/mol. The minimum atomic E-state index is -1.18. The number of halogens is 2. The van der Waals surface area contributed by atoms with E-state index in [1.165, 1.54) is 25.0 Å². The number of rotatable bonds is 5. The van der Waals surface area contributed by atoms with Gasteiger partial charge >= 0.3 is 0 Å². The molecule has 0 N–H and O–H groups in total. The summed E-state index contributed by atoms with van der Waals surface area (Å²) >= 11 is 0. The van der Waals surface area contributed by atoms with Crippen molar-refractivity contribution < 1.29 is 18.3 Å². The van der Waals surface area contributed by atoms with E-state index in [-0.39, 0.29) is 5.56 Å². The van der Waals surface area contributed by atoms with Crippen LogP contribution >= 0.6 is 0 Å². The molecule has 1 fully saturated rings. The second kappa shape index (κ2) is 7.44. The standard InChI is InChI=1S/C20H19F2N3O2/c21-16-8-5-7-15(18(16)22)20(26)25-17-9-2-1-6-14(17)19(23-25)27-13-12-24-10-3-4-11-24/h1-2,5-9H,3-4,10-13H2. The number of benzene rings is 2. The average molecular weight is 371 g/mol. The summed E-state index contributed by atoms with van der Waals surface area (Å²) in [5.41, 5.74) is 0.120. The first kappa shape index (κ1) is 17.6. The van der Waals surface area contributed by atoms with Crippen LogP contribution in [0.3, 0.4) is 0 Å². The van der Waals surface area contributed by atoms with Crippen LogP contribution in [0.4, 0.5) is 8.78 Å². The summed E-state index contributed by atoms with van der Waals surface area (Å²) in [6.45, 7) is 3.36. The number of fused-ring (bicyclic) bond motifs is 1. The third kappa shape index (κ3) is 3.42. The molecule has 0 unspecified atom stereocenters. The SMILES string of the molecule is O=C(c1cccc(F)c1F)n1nc(OCCN2CCCC2)c2ccccc21. The molecule has 2 heterocycles. The molecule has 0 radical (unpaired) electrons. The van der Waals surface area contributed by atoms with Crippen LogP contribution in [0.2, 0.25) is 0 Å². The van der Waals surface area contributed by atoms with Crippen LogP contribution in [-0.2, 0) is 0 Å². The molecule has 0 aliphatic carbocycles. The van der Waals surface area contributed by atoms with Gasteiger partial charge in [-0.1, -0.05) is 18.2 Å². The van der Waals surface area contributed by atoms with Gasteiger partial charge in [0.15, 0.2) is 11.6 Å². The summed E-state index contributed by atoms with van der Waals surface area (Å²) in [4.78, 5) is 15.1. The molecule has 1 aliphatic heterocycles. The molecule has 0 amide bonds. The van der Waals surface area contributed by atoms with Gasteiger partial charge < -0.3 is 4.74 Å². The maximum absolute atomic E-state index is 14.0. The van der Waals surface area contributed by atoms with E-state index in [4.69, 9.17) is 4.74 Å². The normalized spacial score (nSPS) is 14.7. The molecule has 140 valence electrons. The molecule has 1 saturated heterocycles. The number of nitrogens with zero attached hydrogens (tertiary/aromatic N) is 3. The maximum atomic E-state index is 14.0. The number of likely N-dealkylation sites (tertiary alicyclic amines) is 1. The van der Waals surface area contributed by atoms with Crippen LogP contribution in [0.5, 0.6) is 5.88 Å². The molecule has 27 heavy (non-hydrogen) atoms.